The zero-order valence-corrected chi connectivity index (χ0v) is 19.4. The number of amides is 2. The molecule has 0 aliphatic carbocycles. The number of carbonyl (C=O) groups excluding carboxylic acids is 2. The fourth-order valence-corrected chi connectivity index (χ4v) is 3.73. The maximum absolute atomic E-state index is 13.0. The van der Waals surface area contributed by atoms with Gasteiger partial charge in [-0.05, 0) is 36.4 Å². The summed E-state index contributed by atoms with van der Waals surface area (Å²) in [6.07, 6.45) is 1.92. The van der Waals surface area contributed by atoms with Crippen molar-refractivity contribution in [3.8, 4) is 5.75 Å². The molecular formula is C22H17ClN4O6S. The van der Waals surface area contributed by atoms with Gasteiger partial charge in [0.05, 0.1) is 18.3 Å². The summed E-state index contributed by atoms with van der Waals surface area (Å²) in [5.74, 6) is -1.02. The molecule has 174 valence electrons. The second-order valence-electron chi connectivity index (χ2n) is 7.06. The van der Waals surface area contributed by atoms with E-state index in [1.807, 2.05) is 0 Å². The largest absolute Gasteiger partial charge is 0.497 e. The summed E-state index contributed by atoms with van der Waals surface area (Å²) < 4.78 is 34.4. The highest BCUT2D eigenvalue weighted by Gasteiger charge is 2.25. The van der Waals surface area contributed by atoms with E-state index in [9.17, 15) is 18.0 Å². The van der Waals surface area contributed by atoms with Gasteiger partial charge in [-0.1, -0.05) is 23.7 Å². The van der Waals surface area contributed by atoms with Gasteiger partial charge in [0.2, 0.25) is 20.8 Å². The molecule has 4 aromatic rings. The Kier molecular flexibility index (Phi) is 6.22. The third kappa shape index (κ3) is 4.70. The molecule has 0 fully saturated rings. The first-order valence-electron chi connectivity index (χ1n) is 9.68. The summed E-state index contributed by atoms with van der Waals surface area (Å²) in [6, 6.07) is 13.3. The Morgan fingerprint density at radius 3 is 2.41 bits per heavy atom. The average Bonchev–Trinajstić information content (AvgIpc) is 3.17. The summed E-state index contributed by atoms with van der Waals surface area (Å²) >= 11 is 6.04. The third-order valence-electron chi connectivity index (χ3n) is 4.66. The van der Waals surface area contributed by atoms with Crippen LogP contribution in [-0.2, 0) is 9.84 Å². The molecule has 10 nitrogen and oxygen atoms in total. The topological polar surface area (TPSA) is 140 Å². The van der Waals surface area contributed by atoms with Gasteiger partial charge in [-0.15, -0.1) is 0 Å². The molecule has 2 aromatic carbocycles. The van der Waals surface area contributed by atoms with Crippen LogP contribution in [0, 0.1) is 0 Å². The van der Waals surface area contributed by atoms with Crippen molar-refractivity contribution in [3.05, 3.63) is 71.2 Å². The van der Waals surface area contributed by atoms with Gasteiger partial charge in [-0.25, -0.2) is 18.4 Å². The molecule has 0 saturated carbocycles. The first-order valence-corrected chi connectivity index (χ1v) is 11.9. The van der Waals surface area contributed by atoms with E-state index in [0.29, 0.717) is 22.4 Å². The van der Waals surface area contributed by atoms with Crippen molar-refractivity contribution in [1.29, 1.82) is 0 Å². The van der Waals surface area contributed by atoms with Crippen LogP contribution in [-0.4, -0.2) is 43.6 Å². The fraction of sp³-hybridized carbons (Fsp3) is 0.0909. The Morgan fingerprint density at radius 1 is 1.03 bits per heavy atom. The molecule has 0 atom stereocenters. The van der Waals surface area contributed by atoms with Crippen molar-refractivity contribution in [2.24, 2.45) is 0 Å². The Bertz CT molecular complexity index is 1520. The molecule has 4 rings (SSSR count). The van der Waals surface area contributed by atoms with Gasteiger partial charge >= 0.3 is 0 Å². The lowest BCUT2D eigenvalue weighted by molar-refractivity contribution is 0.0999. The minimum atomic E-state index is -3.79. The highest BCUT2D eigenvalue weighted by molar-refractivity contribution is 7.90. The van der Waals surface area contributed by atoms with Gasteiger partial charge < -0.3 is 19.8 Å². The standard InChI is InChI=1S/C22H17ClN4O6S/c1-32-13-9-7-12(8-10-13)25-21(29)19-17(14-5-3-4-6-16(14)33-19)26-20(28)18-15(23)11-24-22(27-18)34(2,30)31/h3-11H,1-2H3,(H,25,29)(H,26,28). The van der Waals surface area contributed by atoms with Gasteiger partial charge in [0.1, 0.15) is 17.0 Å². The molecule has 2 N–H and O–H groups in total. The van der Waals surface area contributed by atoms with E-state index < -0.39 is 26.8 Å². The zero-order valence-electron chi connectivity index (χ0n) is 17.8. The van der Waals surface area contributed by atoms with E-state index in [2.05, 4.69) is 20.6 Å². The number of anilines is 2. The van der Waals surface area contributed by atoms with Crippen LogP contribution in [0.25, 0.3) is 11.0 Å². The van der Waals surface area contributed by atoms with Crippen LogP contribution in [0.5, 0.6) is 5.75 Å². The minimum Gasteiger partial charge on any atom is -0.497 e. The second kappa shape index (κ2) is 9.12. The smallest absolute Gasteiger partial charge is 0.293 e. The third-order valence-corrected chi connectivity index (χ3v) is 5.79. The SMILES string of the molecule is COc1ccc(NC(=O)c2oc3ccccc3c2NC(=O)c2nc(S(C)(=O)=O)ncc2Cl)cc1. The molecule has 2 amide bonds. The monoisotopic (exact) mass is 500 g/mol. The predicted octanol–water partition coefficient (Wildman–Crippen LogP) is 3.79. The van der Waals surface area contributed by atoms with Gasteiger partial charge in [0.15, 0.2) is 5.69 Å². The number of para-hydroxylation sites is 1. The number of furan rings is 1. The van der Waals surface area contributed by atoms with Crippen LogP contribution in [0.15, 0.2) is 64.3 Å². The number of aromatic nitrogens is 2. The first kappa shape index (κ1) is 23.2. The van der Waals surface area contributed by atoms with Crippen LogP contribution >= 0.6 is 11.6 Å². The quantitative estimate of drug-likeness (QED) is 0.381. The normalized spacial score (nSPS) is 11.3. The number of halogens is 1. The summed E-state index contributed by atoms with van der Waals surface area (Å²) in [5, 5.41) is 4.99. The summed E-state index contributed by atoms with van der Waals surface area (Å²) in [4.78, 5) is 33.4. The van der Waals surface area contributed by atoms with Crippen molar-refractivity contribution < 1.29 is 27.2 Å². The maximum Gasteiger partial charge on any atom is 0.293 e. The highest BCUT2D eigenvalue weighted by Crippen LogP contribution is 2.32. The van der Waals surface area contributed by atoms with E-state index in [-0.39, 0.29) is 22.2 Å². The molecule has 34 heavy (non-hydrogen) atoms. The number of nitrogens with one attached hydrogen (secondary N) is 2. The molecule has 0 spiro atoms. The molecule has 0 bridgehead atoms. The van der Waals surface area contributed by atoms with Crippen molar-refractivity contribution in [2.75, 3.05) is 24.0 Å². The van der Waals surface area contributed by atoms with E-state index in [4.69, 9.17) is 20.8 Å². The molecule has 0 saturated heterocycles. The van der Waals surface area contributed by atoms with Crippen LogP contribution in [0.2, 0.25) is 5.02 Å². The number of benzene rings is 2. The molecule has 0 radical (unpaired) electrons. The lowest BCUT2D eigenvalue weighted by Gasteiger charge is -2.09. The fourth-order valence-electron chi connectivity index (χ4n) is 3.05. The number of nitrogens with zero attached hydrogens (tertiary/aromatic N) is 2. The van der Waals surface area contributed by atoms with E-state index in [0.717, 1.165) is 12.5 Å². The van der Waals surface area contributed by atoms with Crippen LogP contribution in [0.3, 0.4) is 0 Å². The lowest BCUT2D eigenvalue weighted by Crippen LogP contribution is -2.19. The molecule has 12 heteroatoms. The van der Waals surface area contributed by atoms with Gasteiger partial charge in [0.25, 0.3) is 11.8 Å². The molecular weight excluding hydrogens is 484 g/mol. The Labute approximate surface area is 198 Å². The van der Waals surface area contributed by atoms with Crippen LogP contribution < -0.4 is 15.4 Å². The van der Waals surface area contributed by atoms with Crippen molar-refractivity contribution in [2.45, 2.75) is 5.16 Å². The van der Waals surface area contributed by atoms with Crippen LogP contribution in [0.1, 0.15) is 21.0 Å². The van der Waals surface area contributed by atoms with Crippen molar-refractivity contribution in [3.63, 3.8) is 0 Å². The molecule has 2 aromatic heterocycles. The number of sulfone groups is 1. The van der Waals surface area contributed by atoms with E-state index in [1.54, 1.807) is 48.5 Å². The number of rotatable bonds is 6. The Morgan fingerprint density at radius 2 is 1.74 bits per heavy atom. The summed E-state index contributed by atoms with van der Waals surface area (Å²) in [7, 11) is -2.26. The minimum absolute atomic E-state index is 0.0715. The van der Waals surface area contributed by atoms with Crippen molar-refractivity contribution >= 4 is 55.6 Å². The maximum atomic E-state index is 13.0. The number of hydrogen-bond acceptors (Lipinski definition) is 8. The zero-order chi connectivity index (χ0) is 24.5. The summed E-state index contributed by atoms with van der Waals surface area (Å²) in [6.45, 7) is 0. The van der Waals surface area contributed by atoms with E-state index >= 15 is 0 Å². The highest BCUT2D eigenvalue weighted by atomic mass is 35.5. The van der Waals surface area contributed by atoms with Gasteiger partial charge in [0, 0.05) is 17.3 Å². The molecule has 0 aliphatic rings. The number of ether oxygens (including phenoxy) is 1. The van der Waals surface area contributed by atoms with E-state index in [1.165, 1.54) is 7.11 Å². The second-order valence-corrected chi connectivity index (χ2v) is 9.38. The predicted molar refractivity (Wildman–Crippen MR) is 125 cm³/mol. The van der Waals surface area contributed by atoms with Crippen LogP contribution in [0.4, 0.5) is 11.4 Å². The number of hydrogen-bond donors (Lipinski definition) is 2. The average molecular weight is 501 g/mol. The molecule has 0 aliphatic heterocycles. The summed E-state index contributed by atoms with van der Waals surface area (Å²) in [5.41, 5.74) is 0.523. The van der Waals surface area contributed by atoms with Gasteiger partial charge in [-0.2, -0.15) is 0 Å². The van der Waals surface area contributed by atoms with Gasteiger partial charge in [-0.3, -0.25) is 9.59 Å². The Hall–Kier alpha value is -3.96. The van der Waals surface area contributed by atoms with Crippen molar-refractivity contribution in [1.82, 2.24) is 9.97 Å². The molecule has 0 unspecified atom stereocenters. The Balaban J connectivity index is 1.70. The number of methoxy groups -OCH3 is 1. The lowest BCUT2D eigenvalue weighted by atomic mass is 10.2. The molecule has 2 heterocycles. The number of fused-ring (bicyclic) bond motifs is 1. The number of carbonyl (C=O) groups is 2. The first-order chi connectivity index (χ1) is 16.2.